The Morgan fingerprint density at radius 1 is 1.05 bits per heavy atom. The maximum atomic E-state index is 13.2. The van der Waals surface area contributed by atoms with Crippen LogP contribution in [0.1, 0.15) is 81.6 Å². The van der Waals surface area contributed by atoms with Crippen LogP contribution >= 0.6 is 0 Å². The van der Waals surface area contributed by atoms with Gasteiger partial charge in [-0.1, -0.05) is 58.0 Å². The summed E-state index contributed by atoms with van der Waals surface area (Å²) in [5.41, 5.74) is 10.1. The SMILES string of the molecule is CC(C)CC(CCCS(=O)(=O)N1CCC(c2c[nH]c3c(C(N)=O)cc(-c4ccccc4)cc23)CC1)C(C)C. The summed E-state index contributed by atoms with van der Waals surface area (Å²) in [7, 11) is -3.26. The molecule has 1 unspecified atom stereocenters. The Morgan fingerprint density at radius 2 is 1.74 bits per heavy atom. The molecule has 1 atom stereocenters. The number of piperidine rings is 1. The van der Waals surface area contributed by atoms with Gasteiger partial charge in [-0.05, 0) is 84.6 Å². The number of carbonyl (C=O) groups is 1. The molecule has 3 N–H and O–H groups in total. The van der Waals surface area contributed by atoms with E-state index in [1.54, 1.807) is 4.31 Å². The van der Waals surface area contributed by atoms with Crippen LogP contribution in [0.2, 0.25) is 0 Å². The van der Waals surface area contributed by atoms with E-state index in [4.69, 9.17) is 5.73 Å². The fraction of sp³-hybridized carbons (Fsp3) is 0.516. The second-order valence-corrected chi connectivity index (χ2v) is 13.8. The zero-order valence-corrected chi connectivity index (χ0v) is 24.1. The van der Waals surface area contributed by atoms with Gasteiger partial charge in [0.2, 0.25) is 10.0 Å². The molecule has 2 heterocycles. The van der Waals surface area contributed by atoms with Crippen molar-refractivity contribution >= 4 is 26.8 Å². The van der Waals surface area contributed by atoms with Gasteiger partial charge in [0.15, 0.2) is 0 Å². The lowest BCUT2D eigenvalue weighted by atomic mass is 9.84. The molecule has 0 aliphatic carbocycles. The number of nitrogens with two attached hydrogens (primary N) is 1. The first-order valence-corrected chi connectivity index (χ1v) is 15.7. The highest BCUT2D eigenvalue weighted by Crippen LogP contribution is 2.37. The maximum absolute atomic E-state index is 13.2. The lowest BCUT2D eigenvalue weighted by Gasteiger charge is -2.31. The van der Waals surface area contributed by atoms with Crippen molar-refractivity contribution in [3.8, 4) is 11.1 Å². The highest BCUT2D eigenvalue weighted by molar-refractivity contribution is 7.89. The summed E-state index contributed by atoms with van der Waals surface area (Å²) >= 11 is 0. The predicted molar refractivity (Wildman–Crippen MR) is 157 cm³/mol. The number of nitrogens with one attached hydrogen (secondary N) is 1. The number of benzene rings is 2. The first-order valence-electron chi connectivity index (χ1n) is 14.0. The molecule has 38 heavy (non-hydrogen) atoms. The molecule has 0 bridgehead atoms. The highest BCUT2D eigenvalue weighted by Gasteiger charge is 2.30. The average Bonchev–Trinajstić information content (AvgIpc) is 3.31. The van der Waals surface area contributed by atoms with Crippen molar-refractivity contribution in [2.75, 3.05) is 18.8 Å². The number of aromatic nitrogens is 1. The van der Waals surface area contributed by atoms with Crippen LogP contribution < -0.4 is 5.73 Å². The largest absolute Gasteiger partial charge is 0.366 e. The molecular weight excluding hydrogens is 494 g/mol. The minimum atomic E-state index is -3.26. The number of aromatic amines is 1. The minimum absolute atomic E-state index is 0.221. The van der Waals surface area contributed by atoms with Crippen LogP contribution in [0.4, 0.5) is 0 Å². The van der Waals surface area contributed by atoms with Crippen molar-refractivity contribution < 1.29 is 13.2 Å². The number of hydrogen-bond acceptors (Lipinski definition) is 3. The van der Waals surface area contributed by atoms with Crippen molar-refractivity contribution in [3.05, 3.63) is 59.8 Å². The highest BCUT2D eigenvalue weighted by atomic mass is 32.2. The van der Waals surface area contributed by atoms with E-state index in [2.05, 4.69) is 38.7 Å². The quantitative estimate of drug-likeness (QED) is 0.291. The maximum Gasteiger partial charge on any atom is 0.250 e. The van der Waals surface area contributed by atoms with Crippen LogP contribution in [0.5, 0.6) is 0 Å². The first kappa shape index (κ1) is 28.4. The summed E-state index contributed by atoms with van der Waals surface area (Å²) in [6, 6.07) is 13.9. The van der Waals surface area contributed by atoms with E-state index in [0.29, 0.717) is 36.4 Å². The van der Waals surface area contributed by atoms with Crippen LogP contribution in [0.3, 0.4) is 0 Å². The molecule has 1 saturated heterocycles. The van der Waals surface area contributed by atoms with E-state index in [-0.39, 0.29) is 11.7 Å². The smallest absolute Gasteiger partial charge is 0.250 e. The van der Waals surface area contributed by atoms with Crippen LogP contribution in [-0.2, 0) is 10.0 Å². The number of H-pyrrole nitrogens is 1. The molecule has 1 amide bonds. The molecule has 1 aliphatic heterocycles. The lowest BCUT2D eigenvalue weighted by molar-refractivity contribution is 0.100. The molecule has 0 saturated carbocycles. The summed E-state index contributed by atoms with van der Waals surface area (Å²) in [6.45, 7) is 10.0. The van der Waals surface area contributed by atoms with Crippen molar-refractivity contribution in [2.24, 2.45) is 23.5 Å². The summed E-state index contributed by atoms with van der Waals surface area (Å²) in [5.74, 6) is 1.77. The first-order chi connectivity index (χ1) is 18.1. The molecule has 0 spiro atoms. The number of nitrogens with zero attached hydrogens (tertiary/aromatic N) is 1. The van der Waals surface area contributed by atoms with Gasteiger partial charge in [-0.3, -0.25) is 4.79 Å². The molecule has 6 nitrogen and oxygen atoms in total. The molecular formula is C31H43N3O3S. The van der Waals surface area contributed by atoms with Gasteiger partial charge >= 0.3 is 0 Å². The third kappa shape index (κ3) is 6.49. The number of rotatable bonds is 11. The van der Waals surface area contributed by atoms with E-state index < -0.39 is 15.9 Å². The summed E-state index contributed by atoms with van der Waals surface area (Å²) < 4.78 is 28.0. The Kier molecular flexibility index (Phi) is 8.99. The van der Waals surface area contributed by atoms with Crippen LogP contribution in [0, 0.1) is 17.8 Å². The molecule has 0 radical (unpaired) electrons. The van der Waals surface area contributed by atoms with Gasteiger partial charge in [0.25, 0.3) is 5.91 Å². The number of carbonyl (C=O) groups excluding carboxylic acids is 1. The van der Waals surface area contributed by atoms with Gasteiger partial charge in [-0.2, -0.15) is 0 Å². The number of sulfonamides is 1. The average molecular weight is 538 g/mol. The summed E-state index contributed by atoms with van der Waals surface area (Å²) in [5, 5.41) is 0.992. The normalized spacial score (nSPS) is 16.5. The van der Waals surface area contributed by atoms with Gasteiger partial charge in [0.05, 0.1) is 16.8 Å². The minimum Gasteiger partial charge on any atom is -0.366 e. The van der Waals surface area contributed by atoms with Gasteiger partial charge in [0.1, 0.15) is 0 Å². The summed E-state index contributed by atoms with van der Waals surface area (Å²) in [6.07, 6.45) is 6.33. The monoisotopic (exact) mass is 537 g/mol. The number of fused-ring (bicyclic) bond motifs is 1. The Bertz CT molecular complexity index is 1340. The molecule has 206 valence electrons. The number of primary amides is 1. The Morgan fingerprint density at radius 3 is 2.34 bits per heavy atom. The predicted octanol–water partition coefficient (Wildman–Crippen LogP) is 6.54. The van der Waals surface area contributed by atoms with Crippen LogP contribution in [0.25, 0.3) is 22.0 Å². The Labute approximate surface area is 228 Å². The summed E-state index contributed by atoms with van der Waals surface area (Å²) in [4.78, 5) is 15.6. The van der Waals surface area contributed by atoms with Crippen molar-refractivity contribution in [3.63, 3.8) is 0 Å². The topological polar surface area (TPSA) is 96.3 Å². The fourth-order valence-corrected chi connectivity index (χ4v) is 7.57. The third-order valence-electron chi connectivity index (χ3n) is 8.18. The number of amides is 1. The Hall–Kier alpha value is -2.64. The lowest BCUT2D eigenvalue weighted by Crippen LogP contribution is -2.39. The number of hydrogen-bond donors (Lipinski definition) is 2. The van der Waals surface area contributed by atoms with E-state index in [0.717, 1.165) is 59.7 Å². The zero-order chi connectivity index (χ0) is 27.4. The van der Waals surface area contributed by atoms with Crippen molar-refractivity contribution in [2.45, 2.75) is 65.7 Å². The van der Waals surface area contributed by atoms with Gasteiger partial charge in [-0.15, -0.1) is 0 Å². The van der Waals surface area contributed by atoms with E-state index in [1.165, 1.54) is 0 Å². The molecule has 4 rings (SSSR count). The molecule has 1 aliphatic rings. The zero-order valence-electron chi connectivity index (χ0n) is 23.2. The Balaban J connectivity index is 1.46. The molecule has 3 aromatic rings. The van der Waals surface area contributed by atoms with Gasteiger partial charge in [-0.25, -0.2) is 12.7 Å². The molecule has 7 heteroatoms. The molecule has 1 aromatic heterocycles. The van der Waals surface area contributed by atoms with E-state index >= 15 is 0 Å². The molecule has 2 aromatic carbocycles. The van der Waals surface area contributed by atoms with Crippen molar-refractivity contribution in [1.82, 2.24) is 9.29 Å². The fourth-order valence-electron chi connectivity index (χ4n) is 6.01. The standard InChI is InChI=1S/C31H43N3O3S/c1-21(2)17-25(22(3)4)11-8-16-38(36,37)34-14-12-24(13-15-34)29-20-33-30-27(29)18-26(19-28(30)31(32)35)23-9-6-5-7-10-23/h5-7,9-10,18-22,24-25,33H,8,11-17H2,1-4H3,(H2,32,35). The van der Waals surface area contributed by atoms with E-state index in [1.807, 2.05) is 42.6 Å². The van der Waals surface area contributed by atoms with Crippen LogP contribution in [-0.4, -0.2) is 42.5 Å². The van der Waals surface area contributed by atoms with E-state index in [9.17, 15) is 13.2 Å². The third-order valence-corrected chi connectivity index (χ3v) is 10.1. The molecule has 1 fully saturated rings. The second kappa shape index (κ2) is 12.0. The van der Waals surface area contributed by atoms with Gasteiger partial charge in [0, 0.05) is 24.7 Å². The van der Waals surface area contributed by atoms with Crippen LogP contribution in [0.15, 0.2) is 48.7 Å². The van der Waals surface area contributed by atoms with Gasteiger partial charge < -0.3 is 10.7 Å². The second-order valence-electron chi connectivity index (χ2n) is 11.7. The van der Waals surface area contributed by atoms with Crippen molar-refractivity contribution in [1.29, 1.82) is 0 Å².